The molecule has 1 unspecified atom stereocenters. The maximum atomic E-state index is 12.9. The number of fused-ring (bicyclic) bond motifs is 1. The number of aromatic nitrogens is 2. The predicted octanol–water partition coefficient (Wildman–Crippen LogP) is 4.08. The highest BCUT2D eigenvalue weighted by molar-refractivity contribution is 7.18. The fourth-order valence-corrected chi connectivity index (χ4v) is 4.64. The number of amides is 1. The second-order valence-electron chi connectivity index (χ2n) is 6.47. The Morgan fingerprint density at radius 3 is 2.71 bits per heavy atom. The van der Waals surface area contributed by atoms with Crippen molar-refractivity contribution in [3.63, 3.8) is 0 Å². The SMILES string of the molecule is Cc1ccc(C)n1CC(=O)N1CCCC1c1nc2ccccc2s1. The van der Waals surface area contributed by atoms with E-state index in [2.05, 4.69) is 36.6 Å². The van der Waals surface area contributed by atoms with E-state index in [4.69, 9.17) is 4.98 Å². The Bertz CT molecular complexity index is 843. The molecule has 1 aromatic carbocycles. The largest absolute Gasteiger partial charge is 0.340 e. The smallest absolute Gasteiger partial charge is 0.243 e. The third-order valence-electron chi connectivity index (χ3n) is 4.88. The van der Waals surface area contributed by atoms with Crippen LogP contribution in [0.2, 0.25) is 0 Å². The summed E-state index contributed by atoms with van der Waals surface area (Å²) >= 11 is 1.72. The summed E-state index contributed by atoms with van der Waals surface area (Å²) in [5.41, 5.74) is 3.31. The normalized spacial score (nSPS) is 17.8. The second kappa shape index (κ2) is 6.06. The first-order chi connectivity index (χ1) is 11.6. The van der Waals surface area contributed by atoms with Crippen LogP contribution in [0, 0.1) is 13.8 Å². The third kappa shape index (κ3) is 2.63. The number of hydrogen-bond donors (Lipinski definition) is 0. The molecule has 1 saturated heterocycles. The van der Waals surface area contributed by atoms with Crippen LogP contribution < -0.4 is 0 Å². The van der Waals surface area contributed by atoms with Crippen LogP contribution in [0.15, 0.2) is 36.4 Å². The van der Waals surface area contributed by atoms with Crippen molar-refractivity contribution in [1.82, 2.24) is 14.5 Å². The van der Waals surface area contributed by atoms with E-state index in [1.165, 1.54) is 4.70 Å². The van der Waals surface area contributed by atoms with Crippen molar-refractivity contribution in [3.8, 4) is 0 Å². The maximum absolute atomic E-state index is 12.9. The molecule has 0 aliphatic carbocycles. The molecule has 1 atom stereocenters. The van der Waals surface area contributed by atoms with E-state index in [-0.39, 0.29) is 11.9 Å². The van der Waals surface area contributed by atoms with E-state index in [1.54, 1.807) is 11.3 Å². The number of hydrogen-bond acceptors (Lipinski definition) is 3. The lowest BCUT2D eigenvalue weighted by Crippen LogP contribution is -2.33. The predicted molar refractivity (Wildman–Crippen MR) is 97.2 cm³/mol. The van der Waals surface area contributed by atoms with Gasteiger partial charge in [0.15, 0.2) is 0 Å². The van der Waals surface area contributed by atoms with Gasteiger partial charge in [0.2, 0.25) is 5.91 Å². The van der Waals surface area contributed by atoms with Crippen LogP contribution in [0.5, 0.6) is 0 Å². The monoisotopic (exact) mass is 339 g/mol. The Hall–Kier alpha value is -2.14. The molecule has 0 radical (unpaired) electrons. The first-order valence-corrected chi connectivity index (χ1v) is 9.23. The van der Waals surface area contributed by atoms with Crippen LogP contribution in [0.3, 0.4) is 0 Å². The standard InChI is InChI=1S/C19H21N3OS/c1-13-9-10-14(2)22(13)12-18(23)21-11-5-7-16(21)19-20-15-6-3-4-8-17(15)24-19/h3-4,6,8-10,16H,5,7,11-12H2,1-2H3. The molecule has 1 amide bonds. The summed E-state index contributed by atoms with van der Waals surface area (Å²) in [5, 5.41) is 1.07. The van der Waals surface area contributed by atoms with Gasteiger partial charge in [0.1, 0.15) is 11.6 Å². The van der Waals surface area contributed by atoms with Gasteiger partial charge in [-0.1, -0.05) is 12.1 Å². The summed E-state index contributed by atoms with van der Waals surface area (Å²) in [7, 11) is 0. The van der Waals surface area contributed by atoms with Crippen molar-refractivity contribution in [2.24, 2.45) is 0 Å². The summed E-state index contributed by atoms with van der Waals surface area (Å²) in [6, 6.07) is 12.5. The van der Waals surface area contributed by atoms with Crippen molar-refractivity contribution in [2.45, 2.75) is 39.3 Å². The number of thiazole rings is 1. The van der Waals surface area contributed by atoms with Gasteiger partial charge in [-0.3, -0.25) is 4.79 Å². The highest BCUT2D eigenvalue weighted by atomic mass is 32.1. The summed E-state index contributed by atoms with van der Waals surface area (Å²) < 4.78 is 3.29. The molecular weight excluding hydrogens is 318 g/mol. The summed E-state index contributed by atoms with van der Waals surface area (Å²) in [4.78, 5) is 19.7. The Morgan fingerprint density at radius 2 is 1.96 bits per heavy atom. The Labute approximate surface area is 145 Å². The number of rotatable bonds is 3. The zero-order chi connectivity index (χ0) is 16.7. The van der Waals surface area contributed by atoms with Crippen LogP contribution in [0.4, 0.5) is 0 Å². The average molecular weight is 339 g/mol. The fraction of sp³-hybridized carbons (Fsp3) is 0.368. The first-order valence-electron chi connectivity index (χ1n) is 8.41. The van der Waals surface area contributed by atoms with E-state index in [1.807, 2.05) is 23.1 Å². The molecule has 0 spiro atoms. The van der Waals surface area contributed by atoms with E-state index < -0.39 is 0 Å². The van der Waals surface area contributed by atoms with Crippen molar-refractivity contribution >= 4 is 27.5 Å². The molecule has 3 aromatic rings. The van der Waals surface area contributed by atoms with Gasteiger partial charge in [-0.25, -0.2) is 4.98 Å². The van der Waals surface area contributed by atoms with Gasteiger partial charge in [0, 0.05) is 17.9 Å². The van der Waals surface area contributed by atoms with Crippen LogP contribution in [0.1, 0.15) is 35.3 Å². The lowest BCUT2D eigenvalue weighted by atomic mass is 10.2. The third-order valence-corrected chi connectivity index (χ3v) is 6.02. The molecular formula is C19H21N3OS. The molecule has 5 heteroatoms. The lowest BCUT2D eigenvalue weighted by molar-refractivity contribution is -0.132. The highest BCUT2D eigenvalue weighted by Crippen LogP contribution is 2.36. The molecule has 24 heavy (non-hydrogen) atoms. The van der Waals surface area contributed by atoms with Gasteiger partial charge < -0.3 is 9.47 Å². The zero-order valence-corrected chi connectivity index (χ0v) is 14.8. The quantitative estimate of drug-likeness (QED) is 0.721. The molecule has 0 saturated carbocycles. The number of aryl methyl sites for hydroxylation is 2. The van der Waals surface area contributed by atoms with E-state index in [0.29, 0.717) is 6.54 Å². The van der Waals surface area contributed by atoms with Gasteiger partial charge in [0.05, 0.1) is 16.3 Å². The molecule has 2 aromatic heterocycles. The van der Waals surface area contributed by atoms with Crippen LogP contribution in [-0.4, -0.2) is 26.9 Å². The molecule has 124 valence electrons. The maximum Gasteiger partial charge on any atom is 0.243 e. The van der Waals surface area contributed by atoms with Crippen molar-refractivity contribution in [3.05, 3.63) is 52.8 Å². The van der Waals surface area contributed by atoms with Crippen LogP contribution in [0.25, 0.3) is 10.2 Å². The first kappa shape index (κ1) is 15.4. The van der Waals surface area contributed by atoms with Gasteiger partial charge in [0.25, 0.3) is 0 Å². The Kier molecular flexibility index (Phi) is 3.88. The molecule has 3 heterocycles. The Balaban J connectivity index is 1.59. The topological polar surface area (TPSA) is 38.1 Å². The lowest BCUT2D eigenvalue weighted by Gasteiger charge is -2.24. The summed E-state index contributed by atoms with van der Waals surface area (Å²) in [6.45, 7) is 5.36. The van der Waals surface area contributed by atoms with Crippen LogP contribution >= 0.6 is 11.3 Å². The number of nitrogens with zero attached hydrogens (tertiary/aromatic N) is 3. The molecule has 1 aliphatic heterocycles. The van der Waals surface area contributed by atoms with E-state index in [0.717, 1.165) is 41.3 Å². The molecule has 4 rings (SSSR count). The van der Waals surface area contributed by atoms with Crippen molar-refractivity contribution < 1.29 is 4.79 Å². The fourth-order valence-electron chi connectivity index (χ4n) is 3.53. The van der Waals surface area contributed by atoms with Gasteiger partial charge in [-0.05, 0) is 51.0 Å². The second-order valence-corrected chi connectivity index (χ2v) is 7.53. The van der Waals surface area contributed by atoms with Gasteiger partial charge in [-0.2, -0.15) is 0 Å². The molecule has 1 fully saturated rings. The minimum Gasteiger partial charge on any atom is -0.340 e. The van der Waals surface area contributed by atoms with Crippen molar-refractivity contribution in [2.75, 3.05) is 6.54 Å². The van der Waals surface area contributed by atoms with Crippen molar-refractivity contribution in [1.29, 1.82) is 0 Å². The zero-order valence-electron chi connectivity index (χ0n) is 14.0. The van der Waals surface area contributed by atoms with Gasteiger partial charge in [-0.15, -0.1) is 11.3 Å². The Morgan fingerprint density at radius 1 is 1.21 bits per heavy atom. The number of likely N-dealkylation sites (tertiary alicyclic amines) is 1. The molecule has 1 aliphatic rings. The highest BCUT2D eigenvalue weighted by Gasteiger charge is 2.32. The molecule has 4 nitrogen and oxygen atoms in total. The summed E-state index contributed by atoms with van der Waals surface area (Å²) in [5.74, 6) is 0.194. The van der Waals surface area contributed by atoms with Gasteiger partial charge >= 0.3 is 0 Å². The number of benzene rings is 1. The molecule has 0 bridgehead atoms. The molecule has 0 N–H and O–H groups in total. The average Bonchev–Trinajstić information content (AvgIpc) is 3.28. The number of carbonyl (C=O) groups is 1. The number of carbonyl (C=O) groups excluding carboxylic acids is 1. The minimum atomic E-state index is 0.131. The number of para-hydroxylation sites is 1. The summed E-state index contributed by atoms with van der Waals surface area (Å²) in [6.07, 6.45) is 2.06. The van der Waals surface area contributed by atoms with Crippen LogP contribution in [-0.2, 0) is 11.3 Å². The van der Waals surface area contributed by atoms with E-state index in [9.17, 15) is 4.79 Å². The minimum absolute atomic E-state index is 0.131. The van der Waals surface area contributed by atoms with E-state index >= 15 is 0 Å².